The molecule has 2 unspecified atom stereocenters. The van der Waals surface area contributed by atoms with Crippen molar-refractivity contribution >= 4 is 0 Å². The number of nitrogens with one attached hydrogen (secondary N) is 1. The summed E-state index contributed by atoms with van der Waals surface area (Å²) >= 11 is 0. The van der Waals surface area contributed by atoms with Crippen LogP contribution in [0.15, 0.2) is 0 Å². The highest BCUT2D eigenvalue weighted by molar-refractivity contribution is 5.00. The molecule has 2 fully saturated rings. The lowest BCUT2D eigenvalue weighted by molar-refractivity contribution is -0.0393. The van der Waals surface area contributed by atoms with Crippen molar-refractivity contribution in [3.63, 3.8) is 0 Å². The number of nitrogens with zero attached hydrogens (tertiary/aromatic N) is 1. The van der Waals surface area contributed by atoms with Crippen molar-refractivity contribution in [3.8, 4) is 0 Å². The largest absolute Gasteiger partial charge is 0.329 e. The van der Waals surface area contributed by atoms with Crippen LogP contribution in [0.3, 0.4) is 0 Å². The number of hydrogen-bond donors (Lipinski definition) is 2. The maximum Gasteiger partial charge on any atom is 0.0453 e. The summed E-state index contributed by atoms with van der Waals surface area (Å²) in [7, 11) is 0. The summed E-state index contributed by atoms with van der Waals surface area (Å²) in [4.78, 5) is 0. The molecule has 0 spiro atoms. The molecule has 0 aromatic rings. The number of rotatable bonds is 3. The molecule has 1 saturated heterocycles. The molecule has 2 atom stereocenters. The molecule has 2 aliphatic rings. The van der Waals surface area contributed by atoms with Gasteiger partial charge in [0.2, 0.25) is 0 Å². The summed E-state index contributed by atoms with van der Waals surface area (Å²) in [5.74, 6) is 0.839. The van der Waals surface area contributed by atoms with E-state index in [1.165, 1.54) is 32.1 Å². The van der Waals surface area contributed by atoms with Gasteiger partial charge < -0.3 is 5.73 Å². The third-order valence-corrected chi connectivity index (χ3v) is 4.43. The Bertz CT molecular complexity index is 225. The van der Waals surface area contributed by atoms with Gasteiger partial charge in [-0.05, 0) is 45.4 Å². The van der Waals surface area contributed by atoms with Crippen LogP contribution in [0.25, 0.3) is 0 Å². The summed E-state index contributed by atoms with van der Waals surface area (Å²) in [6, 6.07) is 1.31. The average molecular weight is 225 g/mol. The molecule has 0 amide bonds. The zero-order valence-electron chi connectivity index (χ0n) is 11.0. The molecule has 2 rings (SSSR count). The van der Waals surface area contributed by atoms with Gasteiger partial charge in [0.25, 0.3) is 0 Å². The van der Waals surface area contributed by atoms with Gasteiger partial charge in [-0.15, -0.1) is 0 Å². The Morgan fingerprint density at radius 3 is 2.19 bits per heavy atom. The zero-order valence-corrected chi connectivity index (χ0v) is 11.0. The summed E-state index contributed by atoms with van der Waals surface area (Å²) in [5, 5.41) is 2.47. The Kier molecular flexibility index (Phi) is 3.57. The second-order valence-corrected chi connectivity index (χ2v) is 6.15. The van der Waals surface area contributed by atoms with Crippen molar-refractivity contribution in [2.75, 3.05) is 6.54 Å². The number of hydrazine groups is 1. The molecule has 3 nitrogen and oxygen atoms in total. The molecule has 1 aliphatic carbocycles. The second kappa shape index (κ2) is 4.63. The smallest absolute Gasteiger partial charge is 0.0453 e. The van der Waals surface area contributed by atoms with Crippen LogP contribution in [-0.2, 0) is 0 Å². The minimum absolute atomic E-state index is 0.208. The lowest BCUT2D eigenvalue weighted by Gasteiger charge is -2.52. The summed E-state index contributed by atoms with van der Waals surface area (Å²) in [6.07, 6.45) is 6.46. The fourth-order valence-corrected chi connectivity index (χ4v) is 3.49. The minimum Gasteiger partial charge on any atom is -0.329 e. The number of nitrogens with two attached hydrogens (primary N) is 1. The molecule has 0 radical (unpaired) electrons. The average Bonchev–Trinajstić information content (AvgIpc) is 2.20. The van der Waals surface area contributed by atoms with Crippen LogP contribution < -0.4 is 11.2 Å². The molecule has 0 aromatic carbocycles. The first kappa shape index (κ1) is 12.3. The van der Waals surface area contributed by atoms with Crippen molar-refractivity contribution in [1.82, 2.24) is 10.4 Å². The van der Waals surface area contributed by atoms with Gasteiger partial charge in [-0.25, -0.2) is 10.4 Å². The summed E-state index contributed by atoms with van der Waals surface area (Å²) in [5.41, 5.74) is 9.91. The van der Waals surface area contributed by atoms with Crippen molar-refractivity contribution in [2.45, 2.75) is 70.5 Å². The van der Waals surface area contributed by atoms with Gasteiger partial charge in [-0.3, -0.25) is 0 Å². The first-order valence-electron chi connectivity index (χ1n) is 6.82. The molecule has 1 aliphatic heterocycles. The quantitative estimate of drug-likeness (QED) is 0.770. The van der Waals surface area contributed by atoms with Crippen LogP contribution >= 0.6 is 0 Å². The fraction of sp³-hybridized carbons (Fsp3) is 1.00. The standard InChI is InChI=1S/C13H27N3/c1-10-7-13(8-10,9-14)15-16-11(2)5-4-6-12(16)3/h10-12,15H,4-9,14H2,1-3H3. The number of hydrogen-bond acceptors (Lipinski definition) is 3. The van der Waals surface area contributed by atoms with E-state index in [2.05, 4.69) is 31.2 Å². The van der Waals surface area contributed by atoms with Crippen LogP contribution in [0.1, 0.15) is 52.9 Å². The van der Waals surface area contributed by atoms with E-state index in [4.69, 9.17) is 5.73 Å². The van der Waals surface area contributed by atoms with Crippen LogP contribution in [0.5, 0.6) is 0 Å². The molecule has 0 aromatic heterocycles. The van der Waals surface area contributed by atoms with Gasteiger partial charge in [0.15, 0.2) is 0 Å². The Hall–Kier alpha value is -0.120. The number of piperidine rings is 1. The first-order chi connectivity index (χ1) is 7.56. The fourth-order valence-electron chi connectivity index (χ4n) is 3.49. The van der Waals surface area contributed by atoms with E-state index >= 15 is 0 Å². The molecule has 94 valence electrons. The third kappa shape index (κ3) is 2.27. The summed E-state index contributed by atoms with van der Waals surface area (Å²) < 4.78 is 0. The van der Waals surface area contributed by atoms with E-state index < -0.39 is 0 Å². The topological polar surface area (TPSA) is 41.3 Å². The highest BCUT2D eigenvalue weighted by Crippen LogP contribution is 2.38. The molecule has 3 N–H and O–H groups in total. The molecular formula is C13H27N3. The van der Waals surface area contributed by atoms with Gasteiger partial charge in [-0.1, -0.05) is 13.3 Å². The molecule has 16 heavy (non-hydrogen) atoms. The molecular weight excluding hydrogens is 198 g/mol. The van der Waals surface area contributed by atoms with Crippen LogP contribution in [-0.4, -0.2) is 29.2 Å². The molecule has 1 saturated carbocycles. The highest BCUT2D eigenvalue weighted by Gasteiger charge is 2.43. The monoisotopic (exact) mass is 225 g/mol. The Balaban J connectivity index is 1.96. The Labute approximate surface area is 99.7 Å². The Morgan fingerprint density at radius 1 is 1.19 bits per heavy atom. The van der Waals surface area contributed by atoms with E-state index in [-0.39, 0.29) is 5.54 Å². The Morgan fingerprint density at radius 2 is 1.75 bits per heavy atom. The van der Waals surface area contributed by atoms with Crippen LogP contribution in [0, 0.1) is 5.92 Å². The normalized spacial score (nSPS) is 45.4. The van der Waals surface area contributed by atoms with Gasteiger partial charge in [0, 0.05) is 24.2 Å². The van der Waals surface area contributed by atoms with E-state index in [9.17, 15) is 0 Å². The van der Waals surface area contributed by atoms with Crippen LogP contribution in [0.4, 0.5) is 0 Å². The van der Waals surface area contributed by atoms with Gasteiger partial charge in [0.1, 0.15) is 0 Å². The van der Waals surface area contributed by atoms with Crippen molar-refractivity contribution in [3.05, 3.63) is 0 Å². The van der Waals surface area contributed by atoms with Crippen molar-refractivity contribution in [2.24, 2.45) is 11.7 Å². The molecule has 3 heteroatoms. The maximum atomic E-state index is 5.95. The zero-order chi connectivity index (χ0) is 11.8. The predicted octanol–water partition coefficient (Wildman–Crippen LogP) is 1.88. The van der Waals surface area contributed by atoms with E-state index in [0.717, 1.165) is 12.5 Å². The van der Waals surface area contributed by atoms with E-state index in [1.807, 2.05) is 0 Å². The van der Waals surface area contributed by atoms with Gasteiger partial charge in [-0.2, -0.15) is 0 Å². The molecule has 0 bridgehead atoms. The van der Waals surface area contributed by atoms with Crippen molar-refractivity contribution < 1.29 is 0 Å². The lowest BCUT2D eigenvalue weighted by Crippen LogP contribution is -2.68. The van der Waals surface area contributed by atoms with E-state index in [0.29, 0.717) is 12.1 Å². The van der Waals surface area contributed by atoms with Gasteiger partial charge >= 0.3 is 0 Å². The highest BCUT2D eigenvalue weighted by atomic mass is 15.6. The van der Waals surface area contributed by atoms with Crippen LogP contribution in [0.2, 0.25) is 0 Å². The maximum absolute atomic E-state index is 5.95. The summed E-state index contributed by atoms with van der Waals surface area (Å²) in [6.45, 7) is 7.75. The van der Waals surface area contributed by atoms with Crippen molar-refractivity contribution in [1.29, 1.82) is 0 Å². The molecule has 1 heterocycles. The minimum atomic E-state index is 0.208. The first-order valence-corrected chi connectivity index (χ1v) is 6.82. The SMILES string of the molecule is CC1CC(CN)(NN2C(C)CCCC2C)C1. The van der Waals surface area contributed by atoms with E-state index in [1.54, 1.807) is 0 Å². The van der Waals surface area contributed by atoms with Gasteiger partial charge in [0.05, 0.1) is 0 Å². The predicted molar refractivity (Wildman–Crippen MR) is 67.9 cm³/mol. The second-order valence-electron chi connectivity index (χ2n) is 6.15. The third-order valence-electron chi connectivity index (χ3n) is 4.43. The lowest BCUT2D eigenvalue weighted by atomic mass is 9.69.